The molecule has 5 nitrogen and oxygen atoms in total. The molecule has 2 saturated heterocycles. The van der Waals surface area contributed by atoms with Crippen LogP contribution in [0.2, 0.25) is 0 Å². The highest BCUT2D eigenvalue weighted by molar-refractivity contribution is 5.76. The molecule has 0 atom stereocenters. The van der Waals surface area contributed by atoms with Gasteiger partial charge >= 0.3 is 6.03 Å². The maximum atomic E-state index is 12.1. The molecule has 2 amide bonds. The molecule has 0 aliphatic carbocycles. The number of rotatable bonds is 2. The number of amides is 2. The number of likely N-dealkylation sites (N-methyl/N-ethyl adjacent to an activating group) is 2. The standard InChI is InChI=1S/C13H26N4O.2H2/c1-3-14-5-6-15(4-2)8-10-17-12-11-16(9-7-14)13(17)18;;/h3-12H2,1-2H3;2*1H. The number of carbonyl (C=O) groups is 1. The normalized spacial score (nSPS) is 24.4. The summed E-state index contributed by atoms with van der Waals surface area (Å²) >= 11 is 0. The maximum absolute atomic E-state index is 12.1. The number of fused-ring (bicyclic) bond motifs is 2. The smallest absolute Gasteiger partial charge is 0.320 e. The van der Waals surface area contributed by atoms with Crippen molar-refractivity contribution in [3.05, 3.63) is 0 Å². The van der Waals surface area contributed by atoms with Crippen molar-refractivity contribution in [2.45, 2.75) is 13.8 Å². The molecular weight excluding hydrogens is 228 g/mol. The summed E-state index contributed by atoms with van der Waals surface area (Å²) < 4.78 is 0. The third-order valence-corrected chi connectivity index (χ3v) is 4.18. The van der Waals surface area contributed by atoms with Gasteiger partial charge in [-0.15, -0.1) is 0 Å². The number of hydrogen-bond acceptors (Lipinski definition) is 3. The van der Waals surface area contributed by atoms with Crippen LogP contribution in [-0.2, 0) is 0 Å². The van der Waals surface area contributed by atoms with Gasteiger partial charge in [0.25, 0.3) is 0 Å². The molecule has 0 N–H and O–H groups in total. The van der Waals surface area contributed by atoms with E-state index >= 15 is 0 Å². The zero-order valence-electron chi connectivity index (χ0n) is 11.8. The lowest BCUT2D eigenvalue weighted by atomic mass is 10.3. The first-order valence-electron chi connectivity index (χ1n) is 7.23. The second kappa shape index (κ2) is 6.38. The van der Waals surface area contributed by atoms with Gasteiger partial charge in [0.15, 0.2) is 0 Å². The molecule has 2 rings (SSSR count). The van der Waals surface area contributed by atoms with Crippen molar-refractivity contribution in [1.82, 2.24) is 19.6 Å². The van der Waals surface area contributed by atoms with E-state index in [1.54, 1.807) is 0 Å². The highest BCUT2D eigenvalue weighted by Gasteiger charge is 2.28. The quantitative estimate of drug-likeness (QED) is 0.736. The predicted octanol–water partition coefficient (Wildman–Crippen LogP) is 0.873. The van der Waals surface area contributed by atoms with E-state index in [9.17, 15) is 4.79 Å². The van der Waals surface area contributed by atoms with Crippen LogP contribution in [0.3, 0.4) is 0 Å². The van der Waals surface area contributed by atoms with Crippen molar-refractivity contribution in [2.75, 3.05) is 65.4 Å². The number of nitrogens with zero attached hydrogens (tertiary/aromatic N) is 4. The molecule has 108 valence electrons. The van der Waals surface area contributed by atoms with Crippen LogP contribution in [0.25, 0.3) is 0 Å². The van der Waals surface area contributed by atoms with E-state index in [0.29, 0.717) is 0 Å². The molecule has 0 aromatic carbocycles. The van der Waals surface area contributed by atoms with Crippen molar-refractivity contribution in [1.29, 1.82) is 0 Å². The number of urea groups is 1. The molecule has 18 heavy (non-hydrogen) atoms. The summed E-state index contributed by atoms with van der Waals surface area (Å²) in [6.45, 7) is 14.4. The lowest BCUT2D eigenvalue weighted by Crippen LogP contribution is -2.39. The van der Waals surface area contributed by atoms with E-state index in [0.717, 1.165) is 65.4 Å². The lowest BCUT2D eigenvalue weighted by Gasteiger charge is -2.26. The Bertz CT molecular complexity index is 268. The average Bonchev–Trinajstić information content (AvgIpc) is 2.71. The Morgan fingerprint density at radius 1 is 0.778 bits per heavy atom. The second-order valence-corrected chi connectivity index (χ2v) is 5.13. The highest BCUT2D eigenvalue weighted by Crippen LogP contribution is 2.09. The SMILES string of the molecule is CCN1CCN(CC)CCN2CCN(CC1)C2=O.[HH].[HH]. The fraction of sp³-hybridized carbons (Fsp3) is 0.923. The molecule has 2 aliphatic rings. The summed E-state index contributed by atoms with van der Waals surface area (Å²) in [5, 5.41) is 0. The van der Waals surface area contributed by atoms with Crippen LogP contribution >= 0.6 is 0 Å². The average molecular weight is 258 g/mol. The molecular formula is C13H30N4O. The first-order valence-corrected chi connectivity index (χ1v) is 7.23. The fourth-order valence-electron chi connectivity index (χ4n) is 2.71. The van der Waals surface area contributed by atoms with Gasteiger partial charge in [-0.25, -0.2) is 4.79 Å². The summed E-state index contributed by atoms with van der Waals surface area (Å²) in [6.07, 6.45) is 0. The topological polar surface area (TPSA) is 30.0 Å². The van der Waals surface area contributed by atoms with Crippen molar-refractivity contribution in [2.24, 2.45) is 0 Å². The molecule has 5 heteroatoms. The van der Waals surface area contributed by atoms with Crippen LogP contribution in [0.15, 0.2) is 0 Å². The number of carbonyl (C=O) groups excluding carboxylic acids is 1. The second-order valence-electron chi connectivity index (χ2n) is 5.13. The summed E-state index contributed by atoms with van der Waals surface area (Å²) in [5.74, 6) is 0. The Morgan fingerprint density at radius 3 is 1.50 bits per heavy atom. The summed E-state index contributed by atoms with van der Waals surface area (Å²) in [6, 6.07) is 0.240. The van der Waals surface area contributed by atoms with Gasteiger partial charge in [0.1, 0.15) is 0 Å². The number of hydrogen-bond donors (Lipinski definition) is 0. The minimum absolute atomic E-state index is 0. The van der Waals surface area contributed by atoms with Gasteiger partial charge in [-0.2, -0.15) is 0 Å². The van der Waals surface area contributed by atoms with E-state index in [1.807, 2.05) is 9.80 Å². The van der Waals surface area contributed by atoms with Crippen molar-refractivity contribution >= 4 is 6.03 Å². The van der Waals surface area contributed by atoms with Crippen molar-refractivity contribution in [3.63, 3.8) is 0 Å². The molecule has 0 spiro atoms. The molecule has 0 aromatic rings. The summed E-state index contributed by atoms with van der Waals surface area (Å²) in [4.78, 5) is 21.0. The summed E-state index contributed by atoms with van der Waals surface area (Å²) in [5.41, 5.74) is 0. The maximum Gasteiger partial charge on any atom is 0.320 e. The monoisotopic (exact) mass is 258 g/mol. The van der Waals surface area contributed by atoms with Crippen LogP contribution in [0.5, 0.6) is 0 Å². The van der Waals surface area contributed by atoms with E-state index in [2.05, 4.69) is 23.6 Å². The van der Waals surface area contributed by atoms with Crippen LogP contribution in [0.4, 0.5) is 4.79 Å². The Balaban J connectivity index is 0.00000180. The summed E-state index contributed by atoms with van der Waals surface area (Å²) in [7, 11) is 0. The zero-order valence-corrected chi connectivity index (χ0v) is 11.8. The van der Waals surface area contributed by atoms with Crippen molar-refractivity contribution < 1.29 is 7.65 Å². The Labute approximate surface area is 113 Å². The first-order chi connectivity index (χ1) is 8.74. The molecule has 2 fully saturated rings. The minimum atomic E-state index is 0. The Morgan fingerprint density at radius 2 is 1.11 bits per heavy atom. The van der Waals surface area contributed by atoms with Crippen LogP contribution < -0.4 is 0 Å². The van der Waals surface area contributed by atoms with Gasteiger partial charge in [0.05, 0.1) is 0 Å². The van der Waals surface area contributed by atoms with Gasteiger partial charge < -0.3 is 19.6 Å². The van der Waals surface area contributed by atoms with Crippen molar-refractivity contribution in [3.8, 4) is 0 Å². The molecule has 2 aliphatic heterocycles. The molecule has 2 heterocycles. The van der Waals surface area contributed by atoms with E-state index < -0.39 is 0 Å². The van der Waals surface area contributed by atoms with Crippen LogP contribution in [0, 0.1) is 0 Å². The highest BCUT2D eigenvalue weighted by atomic mass is 16.2. The Hall–Kier alpha value is -0.810. The van der Waals surface area contributed by atoms with Gasteiger partial charge in [-0.1, -0.05) is 13.8 Å². The van der Waals surface area contributed by atoms with Gasteiger partial charge in [0, 0.05) is 55.2 Å². The molecule has 0 unspecified atom stereocenters. The third-order valence-electron chi connectivity index (χ3n) is 4.18. The van der Waals surface area contributed by atoms with Crippen LogP contribution in [-0.4, -0.2) is 91.1 Å². The first kappa shape index (κ1) is 13.6. The fourth-order valence-corrected chi connectivity index (χ4v) is 2.71. The molecule has 0 saturated carbocycles. The zero-order chi connectivity index (χ0) is 13.0. The minimum Gasteiger partial charge on any atom is -0.322 e. The van der Waals surface area contributed by atoms with Gasteiger partial charge in [-0.3, -0.25) is 0 Å². The molecule has 2 bridgehead atoms. The molecule has 0 aromatic heterocycles. The van der Waals surface area contributed by atoms with Crippen LogP contribution in [0.1, 0.15) is 16.7 Å². The lowest BCUT2D eigenvalue weighted by molar-refractivity contribution is 0.186. The molecule has 0 radical (unpaired) electrons. The third kappa shape index (κ3) is 3.14. The van der Waals surface area contributed by atoms with E-state index in [1.165, 1.54) is 0 Å². The largest absolute Gasteiger partial charge is 0.322 e. The van der Waals surface area contributed by atoms with E-state index in [4.69, 9.17) is 0 Å². The van der Waals surface area contributed by atoms with E-state index in [-0.39, 0.29) is 8.88 Å². The predicted molar refractivity (Wildman–Crippen MR) is 77.0 cm³/mol. The van der Waals surface area contributed by atoms with Gasteiger partial charge in [-0.05, 0) is 13.1 Å². The van der Waals surface area contributed by atoms with Gasteiger partial charge in [0.2, 0.25) is 0 Å². The Kier molecular flexibility index (Phi) is 4.83.